The van der Waals surface area contributed by atoms with E-state index in [4.69, 9.17) is 17.3 Å². The number of rotatable bonds is 1. The van der Waals surface area contributed by atoms with E-state index in [1.165, 1.54) is 12.1 Å². The van der Waals surface area contributed by atoms with E-state index in [0.29, 0.717) is 0 Å². The third kappa shape index (κ3) is 2.38. The molecule has 11 heavy (non-hydrogen) atoms. The van der Waals surface area contributed by atoms with Gasteiger partial charge in [-0.1, -0.05) is 11.6 Å². The first-order valence-electron chi connectivity index (χ1n) is 2.74. The summed E-state index contributed by atoms with van der Waals surface area (Å²) >= 11 is 5.43. The molecule has 0 unspecified atom stereocenters. The summed E-state index contributed by atoms with van der Waals surface area (Å²) < 4.78 is 0. The smallest absolute Gasteiger partial charge is 0.317 e. The van der Waals surface area contributed by atoms with Crippen molar-refractivity contribution in [3.05, 3.63) is 17.3 Å². The minimum atomic E-state index is -0.679. The van der Waals surface area contributed by atoms with Crippen LogP contribution < -0.4 is 11.1 Å². The lowest BCUT2D eigenvalue weighted by Crippen LogP contribution is -2.20. The van der Waals surface area contributed by atoms with E-state index < -0.39 is 6.03 Å². The first kappa shape index (κ1) is 7.74. The molecular formula is C5H5ClN4O. The summed E-state index contributed by atoms with van der Waals surface area (Å²) in [6.07, 6.45) is 0. The average molecular weight is 173 g/mol. The Kier molecular flexibility index (Phi) is 2.22. The Bertz CT molecular complexity index is 260. The Balaban J connectivity index is 2.74. The highest BCUT2D eigenvalue weighted by Gasteiger charge is 1.96. The first-order valence-corrected chi connectivity index (χ1v) is 3.12. The van der Waals surface area contributed by atoms with Gasteiger partial charge in [-0.15, -0.1) is 10.2 Å². The van der Waals surface area contributed by atoms with Crippen molar-refractivity contribution in [3.8, 4) is 0 Å². The number of urea groups is 1. The van der Waals surface area contributed by atoms with Crippen LogP contribution in [0.4, 0.5) is 10.6 Å². The lowest BCUT2D eigenvalue weighted by Gasteiger charge is -1.96. The van der Waals surface area contributed by atoms with E-state index in [1.54, 1.807) is 0 Å². The van der Waals surface area contributed by atoms with E-state index in [0.717, 1.165) is 0 Å². The summed E-state index contributed by atoms with van der Waals surface area (Å²) in [6.45, 7) is 0. The molecule has 0 radical (unpaired) electrons. The number of amides is 2. The number of nitrogens with zero attached hydrogens (tertiary/aromatic N) is 2. The van der Waals surface area contributed by atoms with Gasteiger partial charge in [0.25, 0.3) is 0 Å². The maximum atomic E-state index is 10.3. The maximum Gasteiger partial charge on any atom is 0.317 e. The van der Waals surface area contributed by atoms with Crippen molar-refractivity contribution in [2.24, 2.45) is 5.73 Å². The second-order valence-corrected chi connectivity index (χ2v) is 2.12. The van der Waals surface area contributed by atoms with Crippen LogP contribution in [-0.4, -0.2) is 16.2 Å². The molecule has 0 aliphatic heterocycles. The van der Waals surface area contributed by atoms with Gasteiger partial charge < -0.3 is 5.73 Å². The lowest BCUT2D eigenvalue weighted by molar-refractivity contribution is 0.259. The van der Waals surface area contributed by atoms with E-state index in [2.05, 4.69) is 15.5 Å². The number of hydrogen-bond acceptors (Lipinski definition) is 3. The molecule has 0 aliphatic rings. The van der Waals surface area contributed by atoms with Gasteiger partial charge in [0.05, 0.1) is 0 Å². The van der Waals surface area contributed by atoms with Crippen LogP contribution in [-0.2, 0) is 0 Å². The maximum absolute atomic E-state index is 10.3. The molecule has 1 aromatic rings. The number of primary amides is 1. The molecule has 6 heteroatoms. The minimum Gasteiger partial charge on any atom is -0.351 e. The van der Waals surface area contributed by atoms with Crippen molar-refractivity contribution in [2.45, 2.75) is 0 Å². The minimum absolute atomic E-state index is 0.264. The number of anilines is 1. The summed E-state index contributed by atoms with van der Waals surface area (Å²) in [5.74, 6) is 0.280. The van der Waals surface area contributed by atoms with Crippen LogP contribution in [0.2, 0.25) is 5.15 Å². The number of nitrogens with two attached hydrogens (primary N) is 1. The van der Waals surface area contributed by atoms with Crippen LogP contribution in [0.15, 0.2) is 12.1 Å². The monoisotopic (exact) mass is 172 g/mol. The SMILES string of the molecule is NC(=O)Nc1ccc(Cl)nn1. The predicted molar refractivity (Wildman–Crippen MR) is 40.2 cm³/mol. The van der Waals surface area contributed by atoms with Crippen LogP contribution in [0, 0.1) is 0 Å². The molecule has 0 bridgehead atoms. The molecule has 3 N–H and O–H groups in total. The van der Waals surface area contributed by atoms with Gasteiger partial charge in [0, 0.05) is 0 Å². The zero-order chi connectivity index (χ0) is 8.27. The molecule has 0 saturated carbocycles. The Labute approximate surface area is 67.6 Å². The number of halogens is 1. The first-order chi connectivity index (χ1) is 5.18. The van der Waals surface area contributed by atoms with Gasteiger partial charge in [-0.2, -0.15) is 0 Å². The van der Waals surface area contributed by atoms with Crippen LogP contribution in [0.5, 0.6) is 0 Å². The lowest BCUT2D eigenvalue weighted by atomic mass is 10.5. The topological polar surface area (TPSA) is 80.9 Å². The molecule has 2 amide bonds. The van der Waals surface area contributed by atoms with Gasteiger partial charge in [0.15, 0.2) is 11.0 Å². The van der Waals surface area contributed by atoms with Crippen molar-refractivity contribution in [3.63, 3.8) is 0 Å². The Hall–Kier alpha value is -1.36. The van der Waals surface area contributed by atoms with Crippen molar-refractivity contribution in [2.75, 3.05) is 5.32 Å². The summed E-state index contributed by atoms with van der Waals surface area (Å²) in [7, 11) is 0. The molecule has 0 aromatic carbocycles. The molecule has 0 atom stereocenters. The van der Waals surface area contributed by atoms with Crippen molar-refractivity contribution in [1.82, 2.24) is 10.2 Å². The van der Waals surface area contributed by atoms with Gasteiger partial charge in [-0.25, -0.2) is 4.79 Å². The van der Waals surface area contributed by atoms with Crippen LogP contribution in [0.25, 0.3) is 0 Å². The van der Waals surface area contributed by atoms with Gasteiger partial charge in [0.2, 0.25) is 0 Å². The average Bonchev–Trinajstić information content (AvgIpc) is 1.93. The standard InChI is InChI=1S/C5H5ClN4O/c6-3-1-2-4(10-9-3)8-5(7)11/h1-2H,(H3,7,8,10,11). The molecule has 0 spiro atoms. The molecule has 1 rings (SSSR count). The molecule has 5 nitrogen and oxygen atoms in total. The fraction of sp³-hybridized carbons (Fsp3) is 0. The Morgan fingerprint density at radius 1 is 1.55 bits per heavy atom. The second kappa shape index (κ2) is 3.16. The molecule has 58 valence electrons. The van der Waals surface area contributed by atoms with Crippen molar-refractivity contribution in [1.29, 1.82) is 0 Å². The number of nitrogens with one attached hydrogen (secondary N) is 1. The molecule has 1 heterocycles. The third-order valence-corrected chi connectivity index (χ3v) is 1.08. The second-order valence-electron chi connectivity index (χ2n) is 1.73. The molecule has 1 aromatic heterocycles. The van der Waals surface area contributed by atoms with E-state index in [-0.39, 0.29) is 11.0 Å². The summed E-state index contributed by atoms with van der Waals surface area (Å²) in [4.78, 5) is 10.3. The molecule has 0 saturated heterocycles. The van der Waals surface area contributed by atoms with Gasteiger partial charge >= 0.3 is 6.03 Å². The third-order valence-electron chi connectivity index (χ3n) is 0.883. The van der Waals surface area contributed by atoms with E-state index >= 15 is 0 Å². The fourth-order valence-corrected chi connectivity index (χ4v) is 0.610. The molecule has 0 fully saturated rings. The summed E-state index contributed by atoms with van der Waals surface area (Å²) in [5, 5.41) is 9.50. The number of aromatic nitrogens is 2. The van der Waals surface area contributed by atoms with Crippen molar-refractivity contribution < 1.29 is 4.79 Å². The number of carbonyl (C=O) groups is 1. The zero-order valence-electron chi connectivity index (χ0n) is 5.41. The summed E-state index contributed by atoms with van der Waals surface area (Å²) in [5.41, 5.74) is 4.81. The van der Waals surface area contributed by atoms with Crippen molar-refractivity contribution >= 4 is 23.4 Å². The molecule has 0 aliphatic carbocycles. The van der Waals surface area contributed by atoms with Crippen LogP contribution in [0.3, 0.4) is 0 Å². The fourth-order valence-electron chi connectivity index (χ4n) is 0.509. The van der Waals surface area contributed by atoms with Gasteiger partial charge in [0.1, 0.15) is 0 Å². The largest absolute Gasteiger partial charge is 0.351 e. The van der Waals surface area contributed by atoms with E-state index in [1.807, 2.05) is 0 Å². The Morgan fingerprint density at radius 2 is 2.27 bits per heavy atom. The number of hydrogen-bond donors (Lipinski definition) is 2. The van der Waals surface area contributed by atoms with E-state index in [9.17, 15) is 4.79 Å². The zero-order valence-corrected chi connectivity index (χ0v) is 6.17. The normalized spacial score (nSPS) is 9.18. The number of carbonyl (C=O) groups excluding carboxylic acids is 1. The Morgan fingerprint density at radius 3 is 2.73 bits per heavy atom. The summed E-state index contributed by atoms with van der Waals surface area (Å²) in [6, 6.07) is 2.32. The molecular weight excluding hydrogens is 168 g/mol. The highest BCUT2D eigenvalue weighted by molar-refractivity contribution is 6.29. The highest BCUT2D eigenvalue weighted by atomic mass is 35.5. The van der Waals surface area contributed by atoms with Gasteiger partial charge in [-0.3, -0.25) is 5.32 Å². The quantitative estimate of drug-likeness (QED) is 0.652. The van der Waals surface area contributed by atoms with Gasteiger partial charge in [-0.05, 0) is 12.1 Å². The highest BCUT2D eigenvalue weighted by Crippen LogP contribution is 2.04. The van der Waals surface area contributed by atoms with Crippen LogP contribution >= 0.6 is 11.6 Å². The van der Waals surface area contributed by atoms with Crippen LogP contribution in [0.1, 0.15) is 0 Å². The predicted octanol–water partition coefficient (Wildman–Crippen LogP) is 0.621.